The third-order valence-corrected chi connectivity index (χ3v) is 4.47. The summed E-state index contributed by atoms with van der Waals surface area (Å²) in [6, 6.07) is 5.50. The lowest BCUT2D eigenvalue weighted by Crippen LogP contribution is -2.15. The number of thiol groups is 1. The molecule has 0 aromatic heterocycles. The average Bonchev–Trinajstić information content (AvgIpc) is 2.76. The summed E-state index contributed by atoms with van der Waals surface area (Å²) < 4.78 is 33.7. The van der Waals surface area contributed by atoms with Crippen LogP contribution < -0.4 is 10.5 Å². The lowest BCUT2D eigenvalue weighted by atomic mass is 9.99. The first-order chi connectivity index (χ1) is 11.3. The number of hydrogen-bond acceptors (Lipinski definition) is 4. The summed E-state index contributed by atoms with van der Waals surface area (Å²) in [6.45, 7) is 7.07. The van der Waals surface area contributed by atoms with Gasteiger partial charge in [-0.05, 0) is 30.7 Å². The largest absolute Gasteiger partial charge is 0.457 e. The Kier molecular flexibility index (Phi) is 5.35. The van der Waals surface area contributed by atoms with Crippen molar-refractivity contribution in [3.8, 4) is 11.8 Å². The van der Waals surface area contributed by atoms with E-state index in [0.717, 1.165) is 12.1 Å². The molecule has 3 nitrogen and oxygen atoms in total. The van der Waals surface area contributed by atoms with E-state index in [2.05, 4.69) is 19.2 Å². The number of nitrogens with zero attached hydrogens (tertiary/aromatic N) is 1. The predicted octanol–water partition coefficient (Wildman–Crippen LogP) is 4.04. The molecular formula is C18H18F2N2OS. The smallest absolute Gasteiger partial charge is 0.131 e. The molecule has 24 heavy (non-hydrogen) atoms. The van der Waals surface area contributed by atoms with E-state index in [-0.39, 0.29) is 17.1 Å². The first-order valence-electron chi connectivity index (χ1n) is 7.34. The zero-order chi connectivity index (χ0) is 18.0. The van der Waals surface area contributed by atoms with Crippen LogP contribution in [0.15, 0.2) is 53.5 Å². The number of alkyl halides is 1. The van der Waals surface area contributed by atoms with Gasteiger partial charge in [0.1, 0.15) is 23.5 Å². The third kappa shape index (κ3) is 3.31. The Morgan fingerprint density at radius 1 is 1.42 bits per heavy atom. The van der Waals surface area contributed by atoms with Crippen LogP contribution >= 0.6 is 12.6 Å². The van der Waals surface area contributed by atoms with Crippen molar-refractivity contribution < 1.29 is 13.5 Å². The van der Waals surface area contributed by atoms with Crippen molar-refractivity contribution in [2.45, 2.75) is 25.3 Å². The Bertz CT molecular complexity index is 776. The summed E-state index contributed by atoms with van der Waals surface area (Å²) in [4.78, 5) is 0. The van der Waals surface area contributed by atoms with E-state index in [1.165, 1.54) is 12.1 Å². The zero-order valence-electron chi connectivity index (χ0n) is 13.4. The number of nitrogens with two attached hydrogens (primary N) is 1. The SMILES string of the molecule is C=CC(Oc1cc(F)cc(C#N)c1)=C1/C(=C(\C)N)C(S)C(F)C1C. The summed E-state index contributed by atoms with van der Waals surface area (Å²) in [7, 11) is 0. The maximum atomic E-state index is 14.4. The quantitative estimate of drug-likeness (QED) is 0.640. The van der Waals surface area contributed by atoms with Gasteiger partial charge in [0.05, 0.1) is 16.9 Å². The number of hydrogen-bond donors (Lipinski definition) is 2. The van der Waals surface area contributed by atoms with Gasteiger partial charge in [0.25, 0.3) is 0 Å². The van der Waals surface area contributed by atoms with Crippen molar-refractivity contribution in [3.05, 3.63) is 64.8 Å². The summed E-state index contributed by atoms with van der Waals surface area (Å²) in [5.74, 6) is -0.694. The molecule has 0 heterocycles. The van der Waals surface area contributed by atoms with Gasteiger partial charge in [0.15, 0.2) is 0 Å². The van der Waals surface area contributed by atoms with Crippen LogP contribution in [0.5, 0.6) is 5.75 Å². The van der Waals surface area contributed by atoms with Crippen molar-refractivity contribution in [2.75, 3.05) is 0 Å². The Morgan fingerprint density at radius 2 is 2.08 bits per heavy atom. The van der Waals surface area contributed by atoms with Gasteiger partial charge in [-0.25, -0.2) is 8.78 Å². The molecule has 1 fully saturated rings. The van der Waals surface area contributed by atoms with Gasteiger partial charge < -0.3 is 10.5 Å². The number of ether oxygens (including phenoxy) is 1. The minimum atomic E-state index is -1.22. The molecule has 2 N–H and O–H groups in total. The third-order valence-electron chi connectivity index (χ3n) is 3.92. The van der Waals surface area contributed by atoms with Crippen LogP contribution in [0.2, 0.25) is 0 Å². The molecule has 6 heteroatoms. The van der Waals surface area contributed by atoms with Gasteiger partial charge in [0.2, 0.25) is 0 Å². The van der Waals surface area contributed by atoms with Gasteiger partial charge in [-0.1, -0.05) is 13.5 Å². The van der Waals surface area contributed by atoms with E-state index in [1.807, 2.05) is 6.07 Å². The molecule has 0 amide bonds. The molecule has 1 saturated carbocycles. The highest BCUT2D eigenvalue weighted by molar-refractivity contribution is 7.81. The van der Waals surface area contributed by atoms with E-state index in [4.69, 9.17) is 15.7 Å². The second-order valence-electron chi connectivity index (χ2n) is 5.65. The van der Waals surface area contributed by atoms with Crippen LogP contribution in [0, 0.1) is 23.1 Å². The van der Waals surface area contributed by atoms with E-state index >= 15 is 0 Å². The number of rotatable bonds is 3. The maximum absolute atomic E-state index is 14.4. The number of halogens is 2. The second kappa shape index (κ2) is 7.10. The fraction of sp³-hybridized carbons (Fsp3) is 0.278. The molecule has 2 rings (SSSR count). The lowest BCUT2D eigenvalue weighted by Gasteiger charge is -2.15. The summed E-state index contributed by atoms with van der Waals surface area (Å²) in [5.41, 5.74) is 7.58. The first kappa shape index (κ1) is 18.1. The fourth-order valence-corrected chi connectivity index (χ4v) is 3.42. The predicted molar refractivity (Wildman–Crippen MR) is 92.7 cm³/mol. The normalized spacial score (nSPS) is 27.4. The molecule has 0 bridgehead atoms. The Morgan fingerprint density at radius 3 is 2.62 bits per heavy atom. The van der Waals surface area contributed by atoms with Crippen molar-refractivity contribution >= 4 is 12.6 Å². The van der Waals surface area contributed by atoms with Crippen LogP contribution in [0.3, 0.4) is 0 Å². The van der Waals surface area contributed by atoms with Crippen LogP contribution in [0.1, 0.15) is 19.4 Å². The monoisotopic (exact) mass is 348 g/mol. The molecule has 0 spiro atoms. The van der Waals surface area contributed by atoms with Gasteiger partial charge >= 0.3 is 0 Å². The first-order valence-corrected chi connectivity index (χ1v) is 7.85. The van der Waals surface area contributed by atoms with Gasteiger partial charge in [-0.15, -0.1) is 0 Å². The molecule has 0 aliphatic heterocycles. The number of allylic oxidation sites excluding steroid dienone is 3. The molecule has 1 aromatic carbocycles. The summed E-state index contributed by atoms with van der Waals surface area (Å²) >= 11 is 4.31. The topological polar surface area (TPSA) is 59.0 Å². The standard InChI is InChI=1S/C18H18F2N2OS/c1-4-14(23-13-6-11(8-21)5-12(19)7-13)15-9(2)17(20)18(24)16(15)10(3)22/h4-7,9,17-18,24H,1,22H2,2-3H3/b15-14?,16-10-. The number of benzene rings is 1. The van der Waals surface area contributed by atoms with Crippen LogP contribution in [0.4, 0.5) is 8.78 Å². The van der Waals surface area contributed by atoms with Gasteiger partial charge in [-0.2, -0.15) is 17.9 Å². The summed E-state index contributed by atoms with van der Waals surface area (Å²) in [5, 5.41) is 8.26. The molecule has 1 aliphatic carbocycles. The van der Waals surface area contributed by atoms with Crippen molar-refractivity contribution in [3.63, 3.8) is 0 Å². The minimum absolute atomic E-state index is 0.124. The number of nitriles is 1. The fourth-order valence-electron chi connectivity index (χ4n) is 2.82. The Balaban J connectivity index is 2.56. The minimum Gasteiger partial charge on any atom is -0.457 e. The lowest BCUT2D eigenvalue weighted by molar-refractivity contribution is 0.297. The van der Waals surface area contributed by atoms with E-state index in [0.29, 0.717) is 16.8 Å². The molecule has 3 unspecified atom stereocenters. The van der Waals surface area contributed by atoms with Crippen molar-refractivity contribution in [1.29, 1.82) is 5.26 Å². The summed E-state index contributed by atoms with van der Waals surface area (Å²) in [6.07, 6.45) is 0.196. The highest BCUT2D eigenvalue weighted by atomic mass is 32.1. The molecule has 1 aromatic rings. The zero-order valence-corrected chi connectivity index (χ0v) is 14.3. The van der Waals surface area contributed by atoms with Gasteiger partial charge in [0, 0.05) is 23.3 Å². The van der Waals surface area contributed by atoms with Crippen molar-refractivity contribution in [2.24, 2.45) is 11.7 Å². The molecular weight excluding hydrogens is 330 g/mol. The highest BCUT2D eigenvalue weighted by Gasteiger charge is 2.42. The van der Waals surface area contributed by atoms with Crippen LogP contribution in [-0.2, 0) is 0 Å². The Hall–Kier alpha value is -2.26. The van der Waals surface area contributed by atoms with Gasteiger partial charge in [-0.3, -0.25) is 0 Å². The van der Waals surface area contributed by atoms with E-state index in [1.54, 1.807) is 13.8 Å². The Labute approximate surface area is 145 Å². The average molecular weight is 348 g/mol. The van der Waals surface area contributed by atoms with E-state index < -0.39 is 23.2 Å². The van der Waals surface area contributed by atoms with Crippen LogP contribution in [-0.4, -0.2) is 11.4 Å². The highest BCUT2D eigenvalue weighted by Crippen LogP contribution is 2.44. The van der Waals surface area contributed by atoms with Crippen LogP contribution in [0.25, 0.3) is 0 Å². The maximum Gasteiger partial charge on any atom is 0.131 e. The van der Waals surface area contributed by atoms with E-state index in [9.17, 15) is 8.78 Å². The second-order valence-corrected chi connectivity index (χ2v) is 6.20. The molecule has 3 atom stereocenters. The molecule has 0 radical (unpaired) electrons. The molecule has 1 aliphatic rings. The molecule has 126 valence electrons. The van der Waals surface area contributed by atoms with Crippen molar-refractivity contribution in [1.82, 2.24) is 0 Å². The molecule has 0 saturated heterocycles.